The summed E-state index contributed by atoms with van der Waals surface area (Å²) >= 11 is 0. The van der Waals surface area contributed by atoms with Gasteiger partial charge in [0.2, 0.25) is 35.4 Å². The molecule has 9 saturated heterocycles. The van der Waals surface area contributed by atoms with E-state index in [9.17, 15) is 221 Å². The Kier molecular flexibility index (Phi) is 43.2. The topological polar surface area (TPSA) is 1080 Å². The Morgan fingerprint density at radius 3 is 0.824 bits per heavy atom. The Balaban J connectivity index is 1.08. The molecule has 9 aliphatic rings. The molecule has 9 fully saturated rings. The smallest absolute Gasteiger partial charge is 0.364 e. The Hall–Kier alpha value is -7.63. The number of ether oxygens (including phenoxy) is 17. The lowest BCUT2D eigenvalue weighted by Gasteiger charge is -2.53. The van der Waals surface area contributed by atoms with Crippen LogP contribution in [0.5, 0.6) is 0 Å². The minimum absolute atomic E-state index is 0.719. The zero-order valence-corrected chi connectivity index (χ0v) is 79.1. The summed E-state index contributed by atoms with van der Waals surface area (Å²) < 4.78 is 99.3. The summed E-state index contributed by atoms with van der Waals surface area (Å²) in [5.74, 6) is -37.3. The molecule has 0 bridgehead atoms. The molecule has 1 unspecified atom stereocenters. The molecule has 0 aliphatic carbocycles. The highest BCUT2D eigenvalue weighted by Gasteiger charge is 2.69. The Bertz CT molecular complexity index is 4450. The van der Waals surface area contributed by atoms with Gasteiger partial charge in [0.05, 0.1) is 120 Å². The van der Waals surface area contributed by atoms with Gasteiger partial charge < -0.3 is 281 Å². The lowest BCUT2D eigenvalue weighted by Crippen LogP contribution is -2.73. The maximum Gasteiger partial charge on any atom is 0.364 e. The van der Waals surface area contributed by atoms with E-state index in [0.717, 1.165) is 41.5 Å². The number of nitrogens with one attached hydrogen (secondary N) is 6. The number of aliphatic hydroxyl groups is 28. The van der Waals surface area contributed by atoms with Gasteiger partial charge in [0.1, 0.15) is 189 Å². The number of amides is 6. The van der Waals surface area contributed by atoms with Gasteiger partial charge in [0, 0.05) is 73.6 Å². The van der Waals surface area contributed by atoms with Crippen molar-refractivity contribution in [3.63, 3.8) is 0 Å². The van der Waals surface area contributed by atoms with Crippen LogP contribution in [0, 0.1) is 0 Å². The van der Waals surface area contributed by atoms with Crippen molar-refractivity contribution in [3.8, 4) is 0 Å². The summed E-state index contributed by atoms with van der Waals surface area (Å²) in [6.07, 6.45) is -107. The standard InChI is InChI=1S/C81H130N6O61/c1-21(97)82-41-27(103)7-77(72(122)123,142-61(41)47(110)32(108)12-88)139-36(16-92)51(114)63-43(84-23(3)99)28(104)8-78(144-63,73(124)125)140-37(17-93)52(115)64-44(85-24(4)100)29(105)9-79(145-64,74(126)127)141-38(18-94)53(116)65-45(86-25(5)101)31(107)11-81(146-65,76(130)131)148-67-57(120)71(136-58-39(19-95)132-68(121)55(118)54(58)117)135-40(20-96)59(67)137-69-46(87-26(6)102)60(49(112)34(14-90)133-69)138-70-56(119)66(50(113)35(15-91)134-70)147-80(75(128)129)10-30(106)42(83-22(2)98)62(143-80)48(111)33(109)13-89/h27-71,88-96,103-121H,7-20H2,1-6H3,(H,82,97)(H,83,98)(H,84,99)(H,85,100)(H,86,101)(H,87,102)(H,122,123)(H,124,125)(H,126,127)(H,128,129)(H,130,131)/t27-,28-,29-,30-,31-,32+,33+,34+,35+,36+,37+,38+,39+,40+,41+,42+,43+,44+,45+,46+,47+,48+,49-,50-,51+,52+,53+,54+,55+,56+,57+,58+,59-,60+,61+,62+,63+,64+,65+,66-,67+,68?,69-,70-,71-,77+,78+,79+,80-,81-/m0/s1. The average Bonchev–Trinajstić information content (AvgIpc) is 0.745. The molecule has 0 aromatic carbocycles. The van der Waals surface area contributed by atoms with Crippen molar-refractivity contribution in [2.24, 2.45) is 0 Å². The third-order valence-corrected chi connectivity index (χ3v) is 26.1. The lowest BCUT2D eigenvalue weighted by molar-refractivity contribution is -0.405. The third kappa shape index (κ3) is 26.9. The first-order chi connectivity index (χ1) is 69.2. The first kappa shape index (κ1) is 124. The number of carbonyl (C=O) groups is 11. The SMILES string of the molecule is CC(=O)N[C@H]1[C@H](O[C@@H]2[C@H](O[C@]3(C(=O)O)C[C@H](O)[C@@H](NC(C)=O)[C@H]([C@H](O)[C@@H](CO)O[C@]4(C(=O)O)C[C@H](O)[C@@H](NC(C)=O)[C@H]([C@H](O)[C@@H](CO)O[C@]5(C(=O)O)C[C@H](O)[C@@H](NC(C)=O)[C@H]([C@H](O)[C@@H](CO)O[C@]6(C(=O)O)C[C@H](O)[C@@H](NC(C)=O)[C@H]([C@H](O)[C@H](O)CO)O6)O5)O4)O3)[C@@H](O)[C@H](O[C@H]3[C@H](O)[C@@H](O)C(O)O[C@@H]3CO)O[C@@H]2CO)O[C@H](CO)[C@H](O)[C@@H]1O[C@@H]1O[C@H](CO)[C@H](O)[C@H](O[C@]2(C(=O)O)C[C@H](O)[C@@H](NC(C)=O)[C@H]([C@H](O)[C@H](O)CO)O2)[C@H]1O. The van der Waals surface area contributed by atoms with Gasteiger partial charge in [0.15, 0.2) is 25.2 Å². The highest BCUT2D eigenvalue weighted by Crippen LogP contribution is 2.47. The molecule has 9 heterocycles. The maximum atomic E-state index is 14.6. The van der Waals surface area contributed by atoms with E-state index in [-0.39, 0.29) is 0 Å². The maximum absolute atomic E-state index is 14.6. The zero-order valence-electron chi connectivity index (χ0n) is 79.1. The minimum Gasteiger partial charge on any atom is -0.477 e. The fourth-order valence-corrected chi connectivity index (χ4v) is 18.9. The molecule has 0 radical (unpaired) electrons. The van der Waals surface area contributed by atoms with Crippen LogP contribution in [0.1, 0.15) is 73.6 Å². The molecule has 67 nitrogen and oxygen atoms in total. The largest absolute Gasteiger partial charge is 0.477 e. The van der Waals surface area contributed by atoms with Crippen molar-refractivity contribution in [1.82, 2.24) is 31.9 Å². The predicted octanol–water partition coefficient (Wildman–Crippen LogP) is -23.7. The predicted molar refractivity (Wildman–Crippen MR) is 453 cm³/mol. The number of carboxylic acid groups (broad SMARTS) is 5. The molecule has 67 heteroatoms. The zero-order chi connectivity index (χ0) is 111. The monoisotopic (exact) mass is 2160 g/mol. The van der Waals surface area contributed by atoms with Gasteiger partial charge in [-0.3, -0.25) is 28.8 Å². The molecular weight excluding hydrogens is 2030 g/mol. The molecule has 850 valence electrons. The normalized spacial score (nSPS) is 41.9. The quantitative estimate of drug-likeness (QED) is 0.0269. The number of rotatable bonds is 46. The Labute approximate surface area is 833 Å². The molecule has 6 amide bonds. The molecule has 9 aliphatic heterocycles. The van der Waals surface area contributed by atoms with Gasteiger partial charge >= 0.3 is 29.8 Å². The number of aliphatic carboxylic acids is 5. The van der Waals surface area contributed by atoms with Crippen molar-refractivity contribution in [2.45, 2.75) is 378 Å². The Morgan fingerprint density at radius 1 is 0.277 bits per heavy atom. The van der Waals surface area contributed by atoms with Crippen molar-refractivity contribution < 1.29 is 302 Å². The summed E-state index contributed by atoms with van der Waals surface area (Å²) in [5.41, 5.74) is 0. The van der Waals surface area contributed by atoms with Crippen LogP contribution in [-0.2, 0) is 133 Å². The van der Waals surface area contributed by atoms with Gasteiger partial charge in [-0.2, -0.15) is 0 Å². The van der Waals surface area contributed by atoms with Crippen LogP contribution in [0.25, 0.3) is 0 Å². The molecular formula is C81H130N6O61. The second-order valence-corrected chi connectivity index (χ2v) is 36.7. The molecule has 0 saturated carbocycles. The van der Waals surface area contributed by atoms with Crippen molar-refractivity contribution in [2.75, 3.05) is 59.5 Å². The van der Waals surface area contributed by atoms with E-state index in [1.54, 1.807) is 0 Å². The van der Waals surface area contributed by atoms with E-state index in [4.69, 9.17) is 80.5 Å². The summed E-state index contributed by atoms with van der Waals surface area (Å²) in [6, 6.07) is -12.9. The molecule has 0 spiro atoms. The molecule has 148 heavy (non-hydrogen) atoms. The van der Waals surface area contributed by atoms with E-state index >= 15 is 0 Å². The van der Waals surface area contributed by atoms with E-state index in [2.05, 4.69) is 31.9 Å². The Morgan fingerprint density at radius 2 is 0.527 bits per heavy atom. The number of carboxylic acids is 5. The summed E-state index contributed by atoms with van der Waals surface area (Å²) in [7, 11) is 0. The van der Waals surface area contributed by atoms with Crippen LogP contribution >= 0.6 is 0 Å². The minimum atomic E-state index is -3.96. The van der Waals surface area contributed by atoms with Gasteiger partial charge in [-0.25, -0.2) is 24.0 Å². The first-order valence-corrected chi connectivity index (χ1v) is 45.8. The second kappa shape index (κ2) is 51.6. The van der Waals surface area contributed by atoms with Crippen LogP contribution in [-0.4, -0.2) is 597 Å². The van der Waals surface area contributed by atoms with E-state index in [1.807, 2.05) is 0 Å². The number of carbonyl (C=O) groups excluding carboxylic acids is 6. The van der Waals surface area contributed by atoms with E-state index in [1.165, 1.54) is 0 Å². The van der Waals surface area contributed by atoms with E-state index in [0.29, 0.717) is 0 Å². The van der Waals surface area contributed by atoms with Crippen molar-refractivity contribution in [3.05, 3.63) is 0 Å². The highest BCUT2D eigenvalue weighted by molar-refractivity contribution is 5.80. The average molecular weight is 2160 g/mol. The third-order valence-electron chi connectivity index (χ3n) is 26.1. The number of hydrogen-bond donors (Lipinski definition) is 39. The second-order valence-electron chi connectivity index (χ2n) is 36.7. The molecule has 39 N–H and O–H groups in total. The summed E-state index contributed by atoms with van der Waals surface area (Å²) in [5, 5.41) is 387. The van der Waals surface area contributed by atoms with Gasteiger partial charge in [-0.15, -0.1) is 0 Å². The fourth-order valence-electron chi connectivity index (χ4n) is 18.9. The highest BCUT2D eigenvalue weighted by atomic mass is 16.8. The van der Waals surface area contributed by atoms with Crippen molar-refractivity contribution in [1.29, 1.82) is 0 Å². The summed E-state index contributed by atoms with van der Waals surface area (Å²) in [6.45, 7) is -8.74. The number of aliphatic hydroxyl groups excluding tert-OH is 28. The first-order valence-electron chi connectivity index (χ1n) is 45.8. The van der Waals surface area contributed by atoms with Crippen LogP contribution in [0.2, 0.25) is 0 Å². The molecule has 50 atom stereocenters. The van der Waals surface area contributed by atoms with Crippen LogP contribution in [0.15, 0.2) is 0 Å². The van der Waals surface area contributed by atoms with Crippen LogP contribution < -0.4 is 31.9 Å². The van der Waals surface area contributed by atoms with Gasteiger partial charge in [0.25, 0.3) is 28.9 Å². The molecule has 9 rings (SSSR count). The summed E-state index contributed by atoms with van der Waals surface area (Å²) in [4.78, 5) is 147. The number of hydrogen-bond acceptors (Lipinski definition) is 56. The molecule has 0 aromatic rings. The lowest BCUT2D eigenvalue weighted by atomic mass is 9.86. The van der Waals surface area contributed by atoms with Crippen LogP contribution in [0.4, 0.5) is 0 Å². The van der Waals surface area contributed by atoms with Crippen molar-refractivity contribution >= 4 is 65.3 Å². The van der Waals surface area contributed by atoms with E-state index < -0.39 is 461 Å². The molecule has 0 aromatic heterocycles. The fraction of sp³-hybridized carbons (Fsp3) is 0.864. The van der Waals surface area contributed by atoms with Crippen LogP contribution in [0.3, 0.4) is 0 Å². The van der Waals surface area contributed by atoms with Gasteiger partial charge in [-0.1, -0.05) is 0 Å². The van der Waals surface area contributed by atoms with Gasteiger partial charge in [-0.05, 0) is 0 Å².